The zero-order chi connectivity index (χ0) is 15.5. The van der Waals surface area contributed by atoms with Crippen molar-refractivity contribution in [2.24, 2.45) is 0 Å². The van der Waals surface area contributed by atoms with Gasteiger partial charge in [-0.1, -0.05) is 24.3 Å². The highest BCUT2D eigenvalue weighted by Crippen LogP contribution is 2.32. The predicted octanol–water partition coefficient (Wildman–Crippen LogP) is 3.10. The van der Waals surface area contributed by atoms with Crippen LogP contribution in [-0.2, 0) is 13.1 Å². The van der Waals surface area contributed by atoms with Crippen LogP contribution >= 0.6 is 0 Å². The third kappa shape index (κ3) is 3.05. The van der Waals surface area contributed by atoms with Gasteiger partial charge in [0.25, 0.3) is 0 Å². The van der Waals surface area contributed by atoms with Crippen molar-refractivity contribution < 1.29 is 9.47 Å². The van der Waals surface area contributed by atoms with Crippen molar-refractivity contribution in [1.82, 2.24) is 15.5 Å². The molecule has 0 saturated heterocycles. The molecule has 1 aliphatic heterocycles. The number of nitrogens with one attached hydrogen (secondary N) is 2. The molecule has 2 N–H and O–H groups in total. The maximum absolute atomic E-state index is 5.40. The summed E-state index contributed by atoms with van der Waals surface area (Å²) < 4.78 is 10.7. The fourth-order valence-corrected chi connectivity index (χ4v) is 2.67. The molecule has 5 nitrogen and oxygen atoms in total. The number of benzene rings is 2. The topological polar surface area (TPSA) is 59.2 Å². The molecule has 5 heteroatoms. The van der Waals surface area contributed by atoms with E-state index in [4.69, 9.17) is 9.47 Å². The van der Waals surface area contributed by atoms with Crippen molar-refractivity contribution in [1.29, 1.82) is 0 Å². The summed E-state index contributed by atoms with van der Waals surface area (Å²) in [7, 11) is 0. The molecule has 4 rings (SSSR count). The summed E-state index contributed by atoms with van der Waals surface area (Å²) in [5.74, 6) is 1.65. The maximum atomic E-state index is 5.40. The Balaban J connectivity index is 1.39. The van der Waals surface area contributed by atoms with Gasteiger partial charge < -0.3 is 14.8 Å². The Hall–Kier alpha value is -2.79. The highest BCUT2D eigenvalue weighted by atomic mass is 16.7. The molecule has 2 heterocycles. The van der Waals surface area contributed by atoms with Gasteiger partial charge in [0.1, 0.15) is 0 Å². The molecule has 0 spiro atoms. The molecule has 3 aromatic rings. The summed E-state index contributed by atoms with van der Waals surface area (Å²) in [4.78, 5) is 0. The van der Waals surface area contributed by atoms with Crippen LogP contribution in [0.2, 0.25) is 0 Å². The number of ether oxygens (including phenoxy) is 2. The molecular weight excluding hydrogens is 290 g/mol. The number of nitrogens with zero attached hydrogens (tertiary/aromatic N) is 1. The third-order valence-corrected chi connectivity index (χ3v) is 3.85. The zero-order valence-corrected chi connectivity index (χ0v) is 12.6. The largest absolute Gasteiger partial charge is 0.454 e. The first kappa shape index (κ1) is 13.8. The van der Waals surface area contributed by atoms with Gasteiger partial charge in [0, 0.05) is 24.8 Å². The van der Waals surface area contributed by atoms with E-state index in [0.29, 0.717) is 6.79 Å². The molecule has 23 heavy (non-hydrogen) atoms. The van der Waals surface area contributed by atoms with E-state index in [1.54, 1.807) is 0 Å². The minimum Gasteiger partial charge on any atom is -0.454 e. The van der Waals surface area contributed by atoms with Crippen molar-refractivity contribution in [2.75, 3.05) is 6.79 Å². The first-order valence-corrected chi connectivity index (χ1v) is 7.56. The Morgan fingerprint density at radius 2 is 1.83 bits per heavy atom. The lowest BCUT2D eigenvalue weighted by Gasteiger charge is -2.07. The van der Waals surface area contributed by atoms with Crippen LogP contribution in [0.3, 0.4) is 0 Å². The molecule has 0 bridgehead atoms. The second-order valence-corrected chi connectivity index (χ2v) is 5.48. The smallest absolute Gasteiger partial charge is 0.231 e. The molecule has 116 valence electrons. The minimum absolute atomic E-state index is 0.313. The number of aromatic amines is 1. The van der Waals surface area contributed by atoms with Gasteiger partial charge >= 0.3 is 0 Å². The Morgan fingerprint density at radius 3 is 2.70 bits per heavy atom. The van der Waals surface area contributed by atoms with Crippen LogP contribution in [0, 0.1) is 0 Å². The Bertz CT molecular complexity index is 800. The van der Waals surface area contributed by atoms with Crippen molar-refractivity contribution in [3.05, 3.63) is 66.0 Å². The number of rotatable bonds is 5. The minimum atomic E-state index is 0.313. The molecule has 1 aliphatic rings. The molecule has 0 radical (unpaired) electrons. The number of hydrogen-bond donors (Lipinski definition) is 2. The van der Waals surface area contributed by atoms with E-state index < -0.39 is 0 Å². The fourth-order valence-electron chi connectivity index (χ4n) is 2.67. The van der Waals surface area contributed by atoms with Crippen LogP contribution in [0.5, 0.6) is 11.5 Å². The second kappa shape index (κ2) is 6.14. The van der Waals surface area contributed by atoms with E-state index in [-0.39, 0.29) is 0 Å². The monoisotopic (exact) mass is 307 g/mol. The van der Waals surface area contributed by atoms with Crippen LogP contribution in [0.4, 0.5) is 0 Å². The Labute approximate surface area is 134 Å². The van der Waals surface area contributed by atoms with Gasteiger partial charge in [0.2, 0.25) is 6.79 Å². The van der Waals surface area contributed by atoms with Crippen molar-refractivity contribution in [2.45, 2.75) is 13.1 Å². The summed E-state index contributed by atoms with van der Waals surface area (Å²) in [6.45, 7) is 1.90. The summed E-state index contributed by atoms with van der Waals surface area (Å²) in [6.07, 6.45) is 3.73. The molecule has 2 aromatic carbocycles. The lowest BCUT2D eigenvalue weighted by atomic mass is 10.1. The lowest BCUT2D eigenvalue weighted by Crippen LogP contribution is -2.12. The molecule has 1 aromatic heterocycles. The van der Waals surface area contributed by atoms with E-state index in [2.05, 4.69) is 45.8 Å². The number of fused-ring (bicyclic) bond motifs is 1. The van der Waals surface area contributed by atoms with Gasteiger partial charge in [-0.3, -0.25) is 5.10 Å². The molecule has 0 atom stereocenters. The van der Waals surface area contributed by atoms with Crippen LogP contribution in [-0.4, -0.2) is 17.0 Å². The van der Waals surface area contributed by atoms with E-state index >= 15 is 0 Å². The van der Waals surface area contributed by atoms with E-state index in [1.165, 1.54) is 16.7 Å². The molecule has 0 aliphatic carbocycles. The normalized spacial score (nSPS) is 12.5. The first-order chi connectivity index (χ1) is 11.4. The Kier molecular flexibility index (Phi) is 3.70. The van der Waals surface area contributed by atoms with E-state index in [1.807, 2.05) is 24.5 Å². The average molecular weight is 307 g/mol. The third-order valence-electron chi connectivity index (χ3n) is 3.85. The first-order valence-electron chi connectivity index (χ1n) is 7.56. The average Bonchev–Trinajstić information content (AvgIpc) is 3.26. The van der Waals surface area contributed by atoms with Gasteiger partial charge in [0.15, 0.2) is 11.5 Å². The standard InChI is InChI=1S/C18H17N3O2/c1-2-13(6-15(3-1)16-10-20-21-11-16)8-19-9-14-4-5-17-18(7-14)23-12-22-17/h1-7,10-11,19H,8-9,12H2,(H,20,21). The number of aromatic nitrogens is 2. The maximum Gasteiger partial charge on any atom is 0.231 e. The Morgan fingerprint density at radius 1 is 0.957 bits per heavy atom. The quantitative estimate of drug-likeness (QED) is 0.760. The van der Waals surface area contributed by atoms with Crippen molar-refractivity contribution in [3.63, 3.8) is 0 Å². The van der Waals surface area contributed by atoms with Gasteiger partial charge in [0.05, 0.1) is 6.20 Å². The predicted molar refractivity (Wildman–Crippen MR) is 87.1 cm³/mol. The number of hydrogen-bond acceptors (Lipinski definition) is 4. The van der Waals surface area contributed by atoms with Gasteiger partial charge in [-0.25, -0.2) is 0 Å². The van der Waals surface area contributed by atoms with Crippen molar-refractivity contribution >= 4 is 0 Å². The van der Waals surface area contributed by atoms with Crippen LogP contribution in [0.25, 0.3) is 11.1 Å². The highest BCUT2D eigenvalue weighted by molar-refractivity contribution is 5.62. The van der Waals surface area contributed by atoms with Crippen molar-refractivity contribution in [3.8, 4) is 22.6 Å². The van der Waals surface area contributed by atoms with Gasteiger partial charge in [-0.05, 0) is 34.9 Å². The van der Waals surface area contributed by atoms with Crippen LogP contribution in [0.15, 0.2) is 54.9 Å². The SMILES string of the molecule is c1cc(CNCc2ccc3c(c2)OCO3)cc(-c2cn[nH]c2)c1. The summed E-state index contributed by atoms with van der Waals surface area (Å²) in [5.41, 5.74) is 4.69. The van der Waals surface area contributed by atoms with E-state index in [9.17, 15) is 0 Å². The van der Waals surface area contributed by atoms with Crippen LogP contribution < -0.4 is 14.8 Å². The van der Waals surface area contributed by atoms with Gasteiger partial charge in [-0.15, -0.1) is 0 Å². The second-order valence-electron chi connectivity index (χ2n) is 5.48. The lowest BCUT2D eigenvalue weighted by molar-refractivity contribution is 0.174. The highest BCUT2D eigenvalue weighted by Gasteiger charge is 2.12. The summed E-state index contributed by atoms with van der Waals surface area (Å²) in [5, 5.41) is 10.3. The molecule has 0 amide bonds. The molecule has 0 saturated carbocycles. The molecule has 0 fully saturated rings. The van der Waals surface area contributed by atoms with Crippen LogP contribution in [0.1, 0.15) is 11.1 Å². The number of H-pyrrole nitrogens is 1. The zero-order valence-electron chi connectivity index (χ0n) is 12.6. The summed E-state index contributed by atoms with van der Waals surface area (Å²) in [6, 6.07) is 14.5. The van der Waals surface area contributed by atoms with Gasteiger partial charge in [-0.2, -0.15) is 5.10 Å². The van der Waals surface area contributed by atoms with E-state index in [0.717, 1.165) is 30.2 Å². The fraction of sp³-hybridized carbons (Fsp3) is 0.167. The molecule has 0 unspecified atom stereocenters. The summed E-state index contributed by atoms with van der Waals surface area (Å²) >= 11 is 0. The molecular formula is C18H17N3O2.